The second kappa shape index (κ2) is 16.1. The number of aromatic nitrogens is 4. The second-order valence-electron chi connectivity index (χ2n) is 10.7. The highest BCUT2D eigenvalue weighted by molar-refractivity contribution is 5.85. The molecular formula is C30H43Cl2N5O3. The zero-order valence-electron chi connectivity index (χ0n) is 23.7. The Balaban J connectivity index is 0.00000220. The van der Waals surface area contributed by atoms with E-state index in [0.29, 0.717) is 23.8 Å². The van der Waals surface area contributed by atoms with Gasteiger partial charge >= 0.3 is 0 Å². The number of aryl methyl sites for hydroxylation is 2. The molecule has 1 saturated carbocycles. The highest BCUT2D eigenvalue weighted by Gasteiger charge is 2.22. The van der Waals surface area contributed by atoms with Gasteiger partial charge in [-0.2, -0.15) is 5.10 Å². The first kappa shape index (κ1) is 32.1. The SMILES string of the molecule is CCCCc1nnc(OC2CCN(CCc3nnc(C)o3)CC2)cc1-c1ccc(OC2CCCCC2)cc1.Cl.Cl. The lowest BCUT2D eigenvalue weighted by Gasteiger charge is -2.31. The third-order valence-corrected chi connectivity index (χ3v) is 7.67. The van der Waals surface area contributed by atoms with E-state index in [1.165, 1.54) is 19.3 Å². The maximum absolute atomic E-state index is 6.35. The fourth-order valence-electron chi connectivity index (χ4n) is 5.44. The molecule has 3 aromatic rings. The molecule has 220 valence electrons. The molecule has 1 aliphatic heterocycles. The Bertz CT molecular complexity index is 1150. The van der Waals surface area contributed by atoms with Gasteiger partial charge in [-0.15, -0.1) is 40.1 Å². The van der Waals surface area contributed by atoms with Crippen molar-refractivity contribution in [3.63, 3.8) is 0 Å². The molecule has 0 amide bonds. The summed E-state index contributed by atoms with van der Waals surface area (Å²) in [6.45, 7) is 6.91. The van der Waals surface area contributed by atoms with Crippen LogP contribution >= 0.6 is 24.8 Å². The Morgan fingerprint density at radius 2 is 1.57 bits per heavy atom. The number of likely N-dealkylation sites (tertiary alicyclic amines) is 1. The van der Waals surface area contributed by atoms with Gasteiger partial charge in [-0.3, -0.25) is 0 Å². The summed E-state index contributed by atoms with van der Waals surface area (Å²) in [7, 11) is 0. The lowest BCUT2D eigenvalue weighted by atomic mass is 9.97. The van der Waals surface area contributed by atoms with Crippen molar-refractivity contribution in [2.45, 2.75) is 96.7 Å². The first-order valence-electron chi connectivity index (χ1n) is 14.5. The molecule has 1 saturated heterocycles. The van der Waals surface area contributed by atoms with E-state index in [-0.39, 0.29) is 30.9 Å². The number of unbranched alkanes of at least 4 members (excludes halogenated alkanes) is 1. The van der Waals surface area contributed by atoms with E-state index in [4.69, 9.17) is 13.9 Å². The van der Waals surface area contributed by atoms with E-state index in [9.17, 15) is 0 Å². The zero-order chi connectivity index (χ0) is 26.2. The molecule has 0 unspecified atom stereocenters. The minimum atomic E-state index is 0. The molecule has 2 aliphatic rings. The van der Waals surface area contributed by atoms with Crippen molar-refractivity contribution in [3.05, 3.63) is 47.8 Å². The quantitative estimate of drug-likeness (QED) is 0.240. The predicted molar refractivity (Wildman–Crippen MR) is 161 cm³/mol. The maximum atomic E-state index is 6.35. The van der Waals surface area contributed by atoms with Gasteiger partial charge < -0.3 is 18.8 Å². The molecule has 2 aromatic heterocycles. The molecule has 2 fully saturated rings. The molecule has 8 nitrogen and oxygen atoms in total. The number of hydrogen-bond acceptors (Lipinski definition) is 8. The molecule has 0 N–H and O–H groups in total. The van der Waals surface area contributed by atoms with Crippen molar-refractivity contribution in [3.8, 4) is 22.8 Å². The highest BCUT2D eigenvalue weighted by atomic mass is 35.5. The number of piperidine rings is 1. The summed E-state index contributed by atoms with van der Waals surface area (Å²) in [5.74, 6) is 2.90. The number of benzene rings is 1. The van der Waals surface area contributed by atoms with Crippen LogP contribution < -0.4 is 9.47 Å². The van der Waals surface area contributed by atoms with Crippen molar-refractivity contribution in [1.29, 1.82) is 0 Å². The lowest BCUT2D eigenvalue weighted by molar-refractivity contribution is 0.0957. The van der Waals surface area contributed by atoms with Crippen LogP contribution in [0.4, 0.5) is 0 Å². The van der Waals surface area contributed by atoms with E-state index in [0.717, 1.165) is 93.6 Å². The van der Waals surface area contributed by atoms with Gasteiger partial charge in [0, 0.05) is 44.6 Å². The van der Waals surface area contributed by atoms with Crippen molar-refractivity contribution < 1.29 is 13.9 Å². The monoisotopic (exact) mass is 591 g/mol. The number of rotatable bonds is 11. The normalized spacial score (nSPS) is 16.6. The van der Waals surface area contributed by atoms with Crippen molar-refractivity contribution in [1.82, 2.24) is 25.3 Å². The number of hydrogen-bond donors (Lipinski definition) is 0. The van der Waals surface area contributed by atoms with Crippen LogP contribution in [0, 0.1) is 6.92 Å². The first-order valence-corrected chi connectivity index (χ1v) is 14.5. The van der Waals surface area contributed by atoms with E-state index in [2.05, 4.69) is 62.6 Å². The van der Waals surface area contributed by atoms with Crippen LogP contribution in [0.15, 0.2) is 34.7 Å². The van der Waals surface area contributed by atoms with E-state index in [1.807, 2.05) is 6.92 Å². The van der Waals surface area contributed by atoms with E-state index in [1.54, 1.807) is 0 Å². The summed E-state index contributed by atoms with van der Waals surface area (Å²) in [6.07, 6.45) is 12.5. The summed E-state index contributed by atoms with van der Waals surface area (Å²) in [5.41, 5.74) is 3.28. The molecule has 40 heavy (non-hydrogen) atoms. The topological polar surface area (TPSA) is 86.4 Å². The maximum Gasteiger partial charge on any atom is 0.234 e. The van der Waals surface area contributed by atoms with E-state index < -0.39 is 0 Å². The van der Waals surface area contributed by atoms with Crippen molar-refractivity contribution >= 4 is 24.8 Å². The van der Waals surface area contributed by atoms with Gasteiger partial charge in [0.05, 0.1) is 11.8 Å². The Morgan fingerprint density at radius 1 is 0.850 bits per heavy atom. The average Bonchev–Trinajstić information content (AvgIpc) is 3.38. The number of nitrogens with zero attached hydrogens (tertiary/aromatic N) is 5. The van der Waals surface area contributed by atoms with Gasteiger partial charge in [-0.05, 0) is 69.1 Å². The van der Waals surface area contributed by atoms with Gasteiger partial charge in [-0.1, -0.05) is 31.9 Å². The second-order valence-corrected chi connectivity index (χ2v) is 10.7. The van der Waals surface area contributed by atoms with E-state index >= 15 is 0 Å². The zero-order valence-corrected chi connectivity index (χ0v) is 25.4. The summed E-state index contributed by atoms with van der Waals surface area (Å²) in [5, 5.41) is 17.1. The molecule has 3 heterocycles. The minimum absolute atomic E-state index is 0. The van der Waals surface area contributed by atoms with Gasteiger partial charge in [0.2, 0.25) is 17.7 Å². The molecule has 10 heteroatoms. The fraction of sp³-hybridized carbons (Fsp3) is 0.600. The molecule has 1 aliphatic carbocycles. The van der Waals surface area contributed by atoms with Gasteiger partial charge in [0.15, 0.2) is 0 Å². The minimum Gasteiger partial charge on any atom is -0.490 e. The van der Waals surface area contributed by atoms with Crippen molar-refractivity contribution in [2.75, 3.05) is 19.6 Å². The fourth-order valence-corrected chi connectivity index (χ4v) is 5.44. The molecule has 0 radical (unpaired) electrons. The van der Waals surface area contributed by atoms with Crippen LogP contribution in [0.3, 0.4) is 0 Å². The Hall–Kier alpha value is -2.42. The van der Waals surface area contributed by atoms with Crippen LogP contribution in [-0.4, -0.2) is 57.1 Å². The molecule has 5 rings (SSSR count). The van der Waals surface area contributed by atoms with Gasteiger partial charge in [0.25, 0.3) is 0 Å². The third-order valence-electron chi connectivity index (χ3n) is 7.67. The molecule has 0 spiro atoms. The number of ether oxygens (including phenoxy) is 2. The Kier molecular flexibility index (Phi) is 12.9. The first-order chi connectivity index (χ1) is 18.7. The predicted octanol–water partition coefficient (Wildman–Crippen LogP) is 6.82. The highest BCUT2D eigenvalue weighted by Crippen LogP contribution is 2.30. The molecule has 0 bridgehead atoms. The van der Waals surface area contributed by atoms with Crippen LogP contribution in [0.2, 0.25) is 0 Å². The molecule has 1 aromatic carbocycles. The lowest BCUT2D eigenvalue weighted by Crippen LogP contribution is -2.39. The summed E-state index contributed by atoms with van der Waals surface area (Å²) < 4.78 is 18.1. The molecule has 0 atom stereocenters. The summed E-state index contributed by atoms with van der Waals surface area (Å²) >= 11 is 0. The molecular weight excluding hydrogens is 549 g/mol. The van der Waals surface area contributed by atoms with Crippen LogP contribution in [0.25, 0.3) is 11.1 Å². The van der Waals surface area contributed by atoms with Gasteiger partial charge in [0.1, 0.15) is 11.9 Å². The Labute approximate surface area is 250 Å². The summed E-state index contributed by atoms with van der Waals surface area (Å²) in [4.78, 5) is 2.43. The number of halogens is 2. The van der Waals surface area contributed by atoms with Gasteiger partial charge in [-0.25, -0.2) is 0 Å². The third kappa shape index (κ3) is 9.05. The summed E-state index contributed by atoms with van der Waals surface area (Å²) in [6, 6.07) is 10.6. The average molecular weight is 593 g/mol. The van der Waals surface area contributed by atoms with Crippen molar-refractivity contribution in [2.24, 2.45) is 0 Å². The van der Waals surface area contributed by atoms with Crippen LogP contribution in [0.1, 0.15) is 82.2 Å². The van der Waals surface area contributed by atoms with Crippen LogP contribution in [0.5, 0.6) is 11.6 Å². The standard InChI is InChI=1S/C30H41N5O3.2ClH/c1-3-4-10-28-27(23-11-13-25(14-12-23)37-24-8-6-5-7-9-24)21-30(34-32-28)38-26-15-18-35(19-16-26)20-17-29-33-31-22(2)36-29;;/h11-14,21,24,26H,3-10,15-20H2,1-2H3;2*1H. The smallest absolute Gasteiger partial charge is 0.234 e. The largest absolute Gasteiger partial charge is 0.490 e. The Morgan fingerprint density at radius 3 is 2.25 bits per heavy atom. The van der Waals surface area contributed by atoms with Crippen LogP contribution in [-0.2, 0) is 12.8 Å².